The molecule has 1 aromatic carbocycles. The Morgan fingerprint density at radius 1 is 1.23 bits per heavy atom. The van der Waals surface area contributed by atoms with Gasteiger partial charge >= 0.3 is 5.97 Å². The lowest BCUT2D eigenvalue weighted by molar-refractivity contribution is -0.137. The van der Waals surface area contributed by atoms with Gasteiger partial charge in [-0.3, -0.25) is 9.59 Å². The molecular weight excluding hydrogens is 282 g/mol. The number of nitrogens with one attached hydrogen (secondary N) is 1. The number of rotatable bonds is 6. The maximum Gasteiger partial charge on any atom is 0.303 e. The van der Waals surface area contributed by atoms with Crippen LogP contribution in [0.1, 0.15) is 40.8 Å². The van der Waals surface area contributed by atoms with Gasteiger partial charge in [0.1, 0.15) is 11.5 Å². The van der Waals surface area contributed by atoms with Crippen LogP contribution in [0.3, 0.4) is 0 Å². The van der Waals surface area contributed by atoms with E-state index in [-0.39, 0.29) is 24.1 Å². The minimum atomic E-state index is -0.895. The van der Waals surface area contributed by atoms with E-state index in [4.69, 9.17) is 5.11 Å². The van der Waals surface area contributed by atoms with Crippen LogP contribution in [-0.2, 0) is 4.79 Å². The van der Waals surface area contributed by atoms with Crippen molar-refractivity contribution in [3.05, 3.63) is 59.7 Å². The summed E-state index contributed by atoms with van der Waals surface area (Å²) in [4.78, 5) is 31.1. The molecule has 6 nitrogen and oxygen atoms in total. The topological polar surface area (TPSA) is 92.2 Å². The second kappa shape index (κ2) is 7.31. The van der Waals surface area contributed by atoms with E-state index in [1.807, 2.05) is 30.3 Å². The van der Waals surface area contributed by atoms with Gasteiger partial charge in [0.05, 0.1) is 6.04 Å². The Morgan fingerprint density at radius 2 is 1.95 bits per heavy atom. The molecule has 0 bridgehead atoms. The Hall–Kier alpha value is -2.76. The molecule has 1 heterocycles. The third kappa shape index (κ3) is 4.37. The lowest BCUT2D eigenvalue weighted by Crippen LogP contribution is -2.30. The van der Waals surface area contributed by atoms with Gasteiger partial charge in [0.15, 0.2) is 0 Å². The fourth-order valence-corrected chi connectivity index (χ4v) is 2.09. The van der Waals surface area contributed by atoms with Crippen LogP contribution in [0.15, 0.2) is 42.6 Å². The molecule has 0 aliphatic heterocycles. The average Bonchev–Trinajstić information content (AvgIpc) is 2.52. The van der Waals surface area contributed by atoms with Crippen LogP contribution >= 0.6 is 0 Å². The van der Waals surface area contributed by atoms with Crippen LogP contribution in [-0.4, -0.2) is 27.0 Å². The Kier molecular flexibility index (Phi) is 5.19. The number of benzene rings is 1. The van der Waals surface area contributed by atoms with Crippen molar-refractivity contribution in [3.63, 3.8) is 0 Å². The quantitative estimate of drug-likeness (QED) is 0.852. The number of aromatic nitrogens is 2. The number of carbonyl (C=O) groups excluding carboxylic acids is 1. The number of aryl methyl sites for hydroxylation is 1. The normalized spacial score (nSPS) is 11.7. The maximum absolute atomic E-state index is 12.3. The molecule has 0 unspecified atom stereocenters. The van der Waals surface area contributed by atoms with Crippen molar-refractivity contribution in [2.45, 2.75) is 25.8 Å². The molecule has 2 rings (SSSR count). The first-order valence-corrected chi connectivity index (χ1v) is 6.93. The highest BCUT2D eigenvalue weighted by Crippen LogP contribution is 2.18. The molecule has 1 amide bonds. The summed E-state index contributed by atoms with van der Waals surface area (Å²) in [5.74, 6) is -0.729. The number of carboxylic acids is 1. The van der Waals surface area contributed by atoms with Crippen LogP contribution in [0, 0.1) is 6.92 Å². The molecule has 0 aliphatic carbocycles. The number of amides is 1. The van der Waals surface area contributed by atoms with Gasteiger partial charge in [-0.2, -0.15) is 0 Å². The third-order valence-corrected chi connectivity index (χ3v) is 3.16. The summed E-state index contributed by atoms with van der Waals surface area (Å²) in [6.07, 6.45) is 1.81. The first kappa shape index (κ1) is 15.6. The van der Waals surface area contributed by atoms with Gasteiger partial charge in [-0.05, 0) is 25.0 Å². The third-order valence-electron chi connectivity index (χ3n) is 3.16. The number of aliphatic carboxylic acids is 1. The molecule has 6 heteroatoms. The fourth-order valence-electron chi connectivity index (χ4n) is 2.09. The Morgan fingerprint density at radius 3 is 2.59 bits per heavy atom. The van der Waals surface area contributed by atoms with E-state index >= 15 is 0 Å². The lowest BCUT2D eigenvalue weighted by Gasteiger charge is -2.18. The summed E-state index contributed by atoms with van der Waals surface area (Å²) in [7, 11) is 0. The van der Waals surface area contributed by atoms with Crippen LogP contribution in [0.2, 0.25) is 0 Å². The molecule has 1 aromatic heterocycles. The van der Waals surface area contributed by atoms with Gasteiger partial charge in [-0.15, -0.1) is 0 Å². The van der Waals surface area contributed by atoms with E-state index in [9.17, 15) is 9.59 Å². The standard InChI is InChI=1S/C16H17N3O3/c1-11-17-10-9-14(18-11)16(22)19-13(7-8-15(20)21)12-5-3-2-4-6-12/h2-6,9-10,13H,7-8H2,1H3,(H,19,22)(H,20,21)/t13-/m0/s1. The Bertz CT molecular complexity index is 659. The van der Waals surface area contributed by atoms with Crippen molar-refractivity contribution in [2.75, 3.05) is 0 Å². The molecule has 0 spiro atoms. The van der Waals surface area contributed by atoms with Gasteiger partial charge in [0.2, 0.25) is 0 Å². The summed E-state index contributed by atoms with van der Waals surface area (Å²) >= 11 is 0. The van der Waals surface area contributed by atoms with Crippen molar-refractivity contribution in [1.82, 2.24) is 15.3 Å². The first-order valence-electron chi connectivity index (χ1n) is 6.93. The van der Waals surface area contributed by atoms with Crippen molar-refractivity contribution in [1.29, 1.82) is 0 Å². The second-order valence-electron chi connectivity index (χ2n) is 4.86. The van der Waals surface area contributed by atoms with E-state index < -0.39 is 5.97 Å². The largest absolute Gasteiger partial charge is 0.481 e. The Balaban J connectivity index is 2.15. The lowest BCUT2D eigenvalue weighted by atomic mass is 10.0. The second-order valence-corrected chi connectivity index (χ2v) is 4.86. The van der Waals surface area contributed by atoms with Crippen molar-refractivity contribution in [2.24, 2.45) is 0 Å². The summed E-state index contributed by atoms with van der Waals surface area (Å²) < 4.78 is 0. The van der Waals surface area contributed by atoms with E-state index in [2.05, 4.69) is 15.3 Å². The molecule has 1 atom stereocenters. The van der Waals surface area contributed by atoms with Crippen molar-refractivity contribution < 1.29 is 14.7 Å². The van der Waals surface area contributed by atoms with Crippen molar-refractivity contribution >= 4 is 11.9 Å². The number of hydrogen-bond donors (Lipinski definition) is 2. The predicted molar refractivity (Wildman–Crippen MR) is 80.3 cm³/mol. The molecule has 0 saturated heterocycles. The monoisotopic (exact) mass is 299 g/mol. The van der Waals surface area contributed by atoms with Gasteiger partial charge < -0.3 is 10.4 Å². The summed E-state index contributed by atoms with van der Waals surface area (Å²) in [5, 5.41) is 11.7. The molecule has 22 heavy (non-hydrogen) atoms. The van der Waals surface area contributed by atoms with Gasteiger partial charge in [-0.25, -0.2) is 9.97 Å². The molecule has 0 saturated carbocycles. The molecule has 114 valence electrons. The summed E-state index contributed by atoms with van der Waals surface area (Å²) in [5.41, 5.74) is 1.13. The zero-order valence-corrected chi connectivity index (χ0v) is 12.2. The molecule has 0 radical (unpaired) electrons. The fraction of sp³-hybridized carbons (Fsp3) is 0.250. The van der Waals surface area contributed by atoms with E-state index in [0.29, 0.717) is 12.2 Å². The van der Waals surface area contributed by atoms with Gasteiger partial charge in [0, 0.05) is 12.6 Å². The SMILES string of the molecule is Cc1nccc(C(=O)N[C@@H](CCC(=O)O)c2ccccc2)n1. The zero-order chi connectivity index (χ0) is 15.9. The highest BCUT2D eigenvalue weighted by Gasteiger charge is 2.17. The molecule has 0 aliphatic rings. The minimum absolute atomic E-state index is 0.0252. The number of carbonyl (C=O) groups is 2. The average molecular weight is 299 g/mol. The number of carboxylic acid groups (broad SMARTS) is 1. The smallest absolute Gasteiger partial charge is 0.303 e. The van der Waals surface area contributed by atoms with E-state index in [1.165, 1.54) is 12.3 Å². The first-order chi connectivity index (χ1) is 10.6. The van der Waals surface area contributed by atoms with Crippen LogP contribution < -0.4 is 5.32 Å². The zero-order valence-electron chi connectivity index (χ0n) is 12.2. The molecule has 0 fully saturated rings. The van der Waals surface area contributed by atoms with Crippen LogP contribution in [0.25, 0.3) is 0 Å². The van der Waals surface area contributed by atoms with Crippen LogP contribution in [0.4, 0.5) is 0 Å². The molecule has 2 N–H and O–H groups in total. The van der Waals surface area contributed by atoms with Crippen molar-refractivity contribution in [3.8, 4) is 0 Å². The van der Waals surface area contributed by atoms with Crippen LogP contribution in [0.5, 0.6) is 0 Å². The highest BCUT2D eigenvalue weighted by molar-refractivity contribution is 5.92. The minimum Gasteiger partial charge on any atom is -0.481 e. The summed E-state index contributed by atoms with van der Waals surface area (Å²) in [6.45, 7) is 1.70. The highest BCUT2D eigenvalue weighted by atomic mass is 16.4. The Labute approximate surface area is 128 Å². The molecule has 2 aromatic rings. The van der Waals surface area contributed by atoms with Gasteiger partial charge in [-0.1, -0.05) is 30.3 Å². The summed E-state index contributed by atoms with van der Waals surface area (Å²) in [6, 6.07) is 10.4. The van der Waals surface area contributed by atoms with E-state index in [0.717, 1.165) is 5.56 Å². The molecular formula is C16H17N3O3. The van der Waals surface area contributed by atoms with E-state index in [1.54, 1.807) is 6.92 Å². The van der Waals surface area contributed by atoms with Gasteiger partial charge in [0.25, 0.3) is 5.91 Å². The predicted octanol–water partition coefficient (Wildman–Crippen LogP) is 2.12. The maximum atomic E-state index is 12.3. The number of nitrogens with zero attached hydrogens (tertiary/aromatic N) is 2. The number of hydrogen-bond acceptors (Lipinski definition) is 4.